The highest BCUT2D eigenvalue weighted by Gasteiger charge is 2.50. The van der Waals surface area contributed by atoms with Gasteiger partial charge in [0.2, 0.25) is 5.91 Å². The lowest BCUT2D eigenvalue weighted by atomic mass is 10.1. The van der Waals surface area contributed by atoms with Gasteiger partial charge in [-0.3, -0.25) is 9.59 Å². The Labute approximate surface area is 122 Å². The number of nitrogens with zero attached hydrogens (tertiary/aromatic N) is 1. The van der Waals surface area contributed by atoms with Crippen molar-refractivity contribution in [1.29, 1.82) is 0 Å². The summed E-state index contributed by atoms with van der Waals surface area (Å²) in [6.07, 6.45) is 3.66. The third-order valence-electron chi connectivity index (χ3n) is 3.97. The predicted octanol–water partition coefficient (Wildman–Crippen LogP) is 2.17. The summed E-state index contributed by atoms with van der Waals surface area (Å²) < 4.78 is 4.69. The molecular weight excluding hydrogens is 274 g/mol. The zero-order chi connectivity index (χ0) is 14.1. The van der Waals surface area contributed by atoms with E-state index in [1.807, 2.05) is 11.0 Å². The van der Waals surface area contributed by atoms with E-state index in [1.165, 1.54) is 17.6 Å². The molecule has 3 rings (SSSR count). The van der Waals surface area contributed by atoms with Crippen LogP contribution in [0.1, 0.15) is 17.7 Å². The van der Waals surface area contributed by atoms with E-state index in [-0.39, 0.29) is 23.7 Å². The van der Waals surface area contributed by atoms with Gasteiger partial charge < -0.3 is 9.64 Å². The average Bonchev–Trinajstić information content (AvgIpc) is 3.10. The Kier molecular flexibility index (Phi) is 3.61. The minimum atomic E-state index is -0.254. The van der Waals surface area contributed by atoms with Crippen molar-refractivity contribution in [2.75, 3.05) is 20.2 Å². The van der Waals surface area contributed by atoms with Gasteiger partial charge in [0, 0.05) is 18.0 Å². The van der Waals surface area contributed by atoms with Gasteiger partial charge in [0.1, 0.15) is 0 Å². The van der Waals surface area contributed by atoms with Crippen molar-refractivity contribution in [3.63, 3.8) is 0 Å². The van der Waals surface area contributed by atoms with Crippen molar-refractivity contribution in [1.82, 2.24) is 4.90 Å². The molecule has 5 heteroatoms. The van der Waals surface area contributed by atoms with E-state index < -0.39 is 0 Å². The molecule has 1 amide bonds. The van der Waals surface area contributed by atoms with Crippen LogP contribution < -0.4 is 0 Å². The van der Waals surface area contributed by atoms with Crippen LogP contribution in [0.25, 0.3) is 5.57 Å². The Balaban J connectivity index is 1.59. The van der Waals surface area contributed by atoms with E-state index in [0.717, 1.165) is 13.0 Å². The van der Waals surface area contributed by atoms with Crippen LogP contribution in [0.2, 0.25) is 0 Å². The van der Waals surface area contributed by atoms with Crippen LogP contribution in [0, 0.1) is 11.8 Å². The van der Waals surface area contributed by atoms with Crippen LogP contribution in [0.4, 0.5) is 0 Å². The second-order valence-corrected chi connectivity index (χ2v) is 6.16. The van der Waals surface area contributed by atoms with Crippen LogP contribution in [0.15, 0.2) is 23.6 Å². The van der Waals surface area contributed by atoms with Crippen molar-refractivity contribution < 1.29 is 14.3 Å². The Bertz CT molecular complexity index is 549. The topological polar surface area (TPSA) is 46.6 Å². The number of carbonyl (C=O) groups is 2. The molecule has 0 aromatic carbocycles. The van der Waals surface area contributed by atoms with Crippen LogP contribution in [0.3, 0.4) is 0 Å². The summed E-state index contributed by atoms with van der Waals surface area (Å²) in [7, 11) is 1.37. The van der Waals surface area contributed by atoms with E-state index in [2.05, 4.69) is 22.3 Å². The number of carbonyl (C=O) groups excluding carboxylic acids is 2. The second-order valence-electron chi connectivity index (χ2n) is 5.21. The molecule has 1 saturated carbocycles. The van der Waals surface area contributed by atoms with Gasteiger partial charge in [0.25, 0.3) is 0 Å². The first-order valence-corrected chi connectivity index (χ1v) is 7.68. The summed E-state index contributed by atoms with van der Waals surface area (Å²) in [5, 5.41) is 2.07. The lowest BCUT2D eigenvalue weighted by Crippen LogP contribution is -2.36. The van der Waals surface area contributed by atoms with Crippen LogP contribution in [-0.4, -0.2) is 37.0 Å². The molecule has 4 nitrogen and oxygen atoms in total. The van der Waals surface area contributed by atoms with Crippen LogP contribution in [0.5, 0.6) is 0 Å². The first-order valence-electron chi connectivity index (χ1n) is 6.80. The van der Waals surface area contributed by atoms with E-state index in [0.29, 0.717) is 13.0 Å². The Morgan fingerprint density at radius 3 is 2.85 bits per heavy atom. The maximum Gasteiger partial charge on any atom is 0.309 e. The van der Waals surface area contributed by atoms with Gasteiger partial charge in [-0.1, -0.05) is 12.1 Å². The highest BCUT2D eigenvalue weighted by Crippen LogP contribution is 2.41. The summed E-state index contributed by atoms with van der Waals surface area (Å²) in [6.45, 7) is 1.39. The van der Waals surface area contributed by atoms with Gasteiger partial charge in [-0.15, -0.1) is 11.3 Å². The van der Waals surface area contributed by atoms with Gasteiger partial charge in [-0.05, 0) is 29.9 Å². The first kappa shape index (κ1) is 13.4. The number of amides is 1. The zero-order valence-electron chi connectivity index (χ0n) is 11.4. The molecule has 20 heavy (non-hydrogen) atoms. The van der Waals surface area contributed by atoms with Crippen molar-refractivity contribution in [2.45, 2.75) is 12.8 Å². The summed E-state index contributed by atoms with van der Waals surface area (Å²) in [4.78, 5) is 26.8. The molecule has 2 heterocycles. The van der Waals surface area contributed by atoms with Crippen molar-refractivity contribution in [3.05, 3.63) is 28.5 Å². The normalized spacial score (nSPS) is 25.1. The maximum absolute atomic E-state index is 12.3. The molecule has 1 fully saturated rings. The number of thiophene rings is 1. The average molecular weight is 291 g/mol. The molecule has 1 aliphatic heterocycles. The minimum absolute atomic E-state index is 0.0990. The van der Waals surface area contributed by atoms with Gasteiger partial charge in [0.15, 0.2) is 0 Å². The van der Waals surface area contributed by atoms with Gasteiger partial charge in [-0.25, -0.2) is 0 Å². The van der Waals surface area contributed by atoms with Crippen molar-refractivity contribution >= 4 is 28.8 Å². The number of esters is 1. The van der Waals surface area contributed by atoms with Gasteiger partial charge >= 0.3 is 5.97 Å². The minimum Gasteiger partial charge on any atom is -0.469 e. The smallest absolute Gasteiger partial charge is 0.309 e. The lowest BCUT2D eigenvalue weighted by Gasteiger charge is -2.26. The Hall–Kier alpha value is -1.62. The lowest BCUT2D eigenvalue weighted by molar-refractivity contribution is -0.144. The van der Waals surface area contributed by atoms with Crippen LogP contribution >= 0.6 is 11.3 Å². The highest BCUT2D eigenvalue weighted by molar-refractivity contribution is 7.11. The number of ether oxygens (including phenoxy) is 1. The van der Waals surface area contributed by atoms with Crippen molar-refractivity contribution in [2.24, 2.45) is 11.8 Å². The fourth-order valence-corrected chi connectivity index (χ4v) is 3.47. The summed E-state index contributed by atoms with van der Waals surface area (Å²) in [5.74, 6) is -0.522. The maximum atomic E-state index is 12.3. The second kappa shape index (κ2) is 5.40. The molecule has 2 aliphatic rings. The molecule has 0 unspecified atom stereocenters. The van der Waals surface area contributed by atoms with E-state index in [1.54, 1.807) is 11.3 Å². The molecule has 2 atom stereocenters. The molecule has 1 aromatic rings. The number of rotatable bonds is 3. The van der Waals surface area contributed by atoms with Crippen LogP contribution in [-0.2, 0) is 14.3 Å². The fourth-order valence-electron chi connectivity index (χ4n) is 2.67. The Morgan fingerprint density at radius 1 is 1.40 bits per heavy atom. The number of methoxy groups -OCH3 is 1. The molecule has 0 radical (unpaired) electrons. The third kappa shape index (κ3) is 2.50. The summed E-state index contributed by atoms with van der Waals surface area (Å²) in [5.41, 5.74) is 1.32. The summed E-state index contributed by atoms with van der Waals surface area (Å²) in [6, 6.07) is 4.16. The zero-order valence-corrected chi connectivity index (χ0v) is 12.2. The Morgan fingerprint density at radius 2 is 2.25 bits per heavy atom. The summed E-state index contributed by atoms with van der Waals surface area (Å²) >= 11 is 1.73. The monoisotopic (exact) mass is 291 g/mol. The number of hydrogen-bond donors (Lipinski definition) is 0. The molecule has 0 spiro atoms. The standard InChI is InChI=1S/C15H17NO3S/c1-19-15(18)12-9-11(12)14(17)16-6-4-10(5-7-16)13-3-2-8-20-13/h2-4,8,11-12H,5-7,9H2,1H3/t11-,12-/m0/s1. The van der Waals surface area contributed by atoms with E-state index in [4.69, 9.17) is 0 Å². The molecule has 0 bridgehead atoms. The highest BCUT2D eigenvalue weighted by atomic mass is 32.1. The predicted molar refractivity (Wildman–Crippen MR) is 77.1 cm³/mol. The SMILES string of the molecule is COC(=O)[C@H]1C[C@@H]1C(=O)N1CC=C(c2cccs2)CC1. The fraction of sp³-hybridized carbons (Fsp3) is 0.467. The largest absolute Gasteiger partial charge is 0.469 e. The molecule has 0 saturated heterocycles. The molecule has 0 N–H and O–H groups in total. The van der Waals surface area contributed by atoms with Gasteiger partial charge in [-0.2, -0.15) is 0 Å². The molecule has 1 aromatic heterocycles. The first-order chi connectivity index (χ1) is 9.70. The number of hydrogen-bond acceptors (Lipinski definition) is 4. The molecular formula is C15H17NO3S. The van der Waals surface area contributed by atoms with Crippen molar-refractivity contribution in [3.8, 4) is 0 Å². The molecule has 1 aliphatic carbocycles. The molecule has 106 valence electrons. The quantitative estimate of drug-likeness (QED) is 0.802. The third-order valence-corrected chi connectivity index (χ3v) is 4.92. The van der Waals surface area contributed by atoms with Gasteiger partial charge in [0.05, 0.1) is 18.9 Å². The van der Waals surface area contributed by atoms with E-state index in [9.17, 15) is 9.59 Å². The van der Waals surface area contributed by atoms with E-state index >= 15 is 0 Å².